The van der Waals surface area contributed by atoms with Crippen molar-refractivity contribution in [2.24, 2.45) is 0 Å². The zero-order chi connectivity index (χ0) is 23.8. The Balaban J connectivity index is 1.53. The number of rotatable bonds is 5. The Bertz CT molecular complexity index is 1290. The van der Waals surface area contributed by atoms with Gasteiger partial charge in [0.15, 0.2) is 0 Å². The fraction of sp³-hybridized carbons (Fsp3) is 0.208. The lowest BCUT2D eigenvalue weighted by Gasteiger charge is -2.21. The fourth-order valence-corrected chi connectivity index (χ4v) is 5.39. The molecule has 0 radical (unpaired) electrons. The van der Waals surface area contributed by atoms with Crippen LogP contribution in [-0.2, 0) is 29.2 Å². The maximum absolute atomic E-state index is 13.3. The lowest BCUT2D eigenvalue weighted by Crippen LogP contribution is -2.30. The van der Waals surface area contributed by atoms with Gasteiger partial charge in [-0.05, 0) is 53.9 Å². The average molecular weight is 475 g/mol. The van der Waals surface area contributed by atoms with Gasteiger partial charge < -0.3 is 4.90 Å². The molecule has 0 saturated carbocycles. The van der Waals surface area contributed by atoms with Gasteiger partial charge in [0.1, 0.15) is 0 Å². The highest BCUT2D eigenvalue weighted by molar-refractivity contribution is 7.92. The van der Waals surface area contributed by atoms with Crippen molar-refractivity contribution in [1.29, 1.82) is 0 Å². The van der Waals surface area contributed by atoms with E-state index in [2.05, 4.69) is 0 Å². The van der Waals surface area contributed by atoms with Crippen LogP contribution in [0.4, 0.5) is 18.9 Å². The highest BCUT2D eigenvalue weighted by Crippen LogP contribution is 2.33. The molecule has 5 nitrogen and oxygen atoms in total. The number of hydrogen-bond acceptors (Lipinski definition) is 3. The zero-order valence-corrected chi connectivity index (χ0v) is 18.5. The van der Waals surface area contributed by atoms with Crippen molar-refractivity contribution >= 4 is 21.6 Å². The predicted molar refractivity (Wildman–Crippen MR) is 118 cm³/mol. The molecule has 1 aliphatic heterocycles. The summed E-state index contributed by atoms with van der Waals surface area (Å²) < 4.78 is 66.1. The van der Waals surface area contributed by atoms with Gasteiger partial charge in [0.25, 0.3) is 15.9 Å². The van der Waals surface area contributed by atoms with Gasteiger partial charge in [0.2, 0.25) is 0 Å². The van der Waals surface area contributed by atoms with Gasteiger partial charge in [0, 0.05) is 25.7 Å². The van der Waals surface area contributed by atoms with Crippen LogP contribution >= 0.6 is 0 Å². The Kier molecular flexibility index (Phi) is 5.92. The van der Waals surface area contributed by atoms with Crippen molar-refractivity contribution in [3.8, 4) is 0 Å². The summed E-state index contributed by atoms with van der Waals surface area (Å²) >= 11 is 0. The summed E-state index contributed by atoms with van der Waals surface area (Å²) in [5.41, 5.74) is 1.52. The van der Waals surface area contributed by atoms with E-state index in [9.17, 15) is 26.4 Å². The van der Waals surface area contributed by atoms with Crippen molar-refractivity contribution in [3.05, 3.63) is 95.1 Å². The molecule has 0 fully saturated rings. The van der Waals surface area contributed by atoms with E-state index in [4.69, 9.17) is 0 Å². The first-order valence-corrected chi connectivity index (χ1v) is 11.6. The molecule has 1 aliphatic rings. The zero-order valence-electron chi connectivity index (χ0n) is 17.7. The number of fused-ring (bicyclic) bond motifs is 1. The number of anilines is 1. The molecule has 172 valence electrons. The lowest BCUT2D eigenvalue weighted by molar-refractivity contribution is -0.137. The fourth-order valence-electron chi connectivity index (χ4n) is 3.84. The average Bonchev–Trinajstić information content (AvgIpc) is 3.23. The van der Waals surface area contributed by atoms with Gasteiger partial charge in [-0.3, -0.25) is 9.10 Å². The van der Waals surface area contributed by atoms with Crippen LogP contribution in [0.1, 0.15) is 27.0 Å². The van der Waals surface area contributed by atoms with Crippen LogP contribution < -0.4 is 4.31 Å². The molecule has 3 aromatic carbocycles. The molecule has 0 aromatic heterocycles. The number of halogens is 3. The second-order valence-electron chi connectivity index (χ2n) is 7.84. The number of nitrogens with zero attached hydrogens (tertiary/aromatic N) is 2. The number of para-hydroxylation sites is 1. The molecule has 0 unspecified atom stereocenters. The summed E-state index contributed by atoms with van der Waals surface area (Å²) in [5.74, 6) is -0.436. The maximum atomic E-state index is 13.3. The summed E-state index contributed by atoms with van der Waals surface area (Å²) in [6.07, 6.45) is -3.81. The number of amides is 1. The lowest BCUT2D eigenvalue weighted by atomic mass is 10.1. The molecule has 0 aliphatic carbocycles. The minimum Gasteiger partial charge on any atom is -0.337 e. The van der Waals surface area contributed by atoms with Gasteiger partial charge in [-0.2, -0.15) is 13.2 Å². The van der Waals surface area contributed by atoms with Crippen LogP contribution in [0, 0.1) is 0 Å². The Morgan fingerprint density at radius 1 is 1.00 bits per heavy atom. The number of sulfonamides is 1. The number of alkyl halides is 3. The molecule has 0 spiro atoms. The molecule has 3 aromatic rings. The smallest absolute Gasteiger partial charge is 0.337 e. The van der Waals surface area contributed by atoms with Gasteiger partial charge in [-0.25, -0.2) is 8.42 Å². The van der Waals surface area contributed by atoms with Crippen molar-refractivity contribution in [3.63, 3.8) is 0 Å². The van der Waals surface area contributed by atoms with Crippen molar-refractivity contribution in [2.75, 3.05) is 17.9 Å². The maximum Gasteiger partial charge on any atom is 0.416 e. The van der Waals surface area contributed by atoms with Crippen LogP contribution in [0.2, 0.25) is 0 Å². The topological polar surface area (TPSA) is 57.7 Å². The molecule has 0 atom stereocenters. The van der Waals surface area contributed by atoms with E-state index in [0.29, 0.717) is 24.2 Å². The molecule has 0 bridgehead atoms. The van der Waals surface area contributed by atoms with E-state index >= 15 is 0 Å². The number of hydrogen-bond donors (Lipinski definition) is 0. The largest absolute Gasteiger partial charge is 0.416 e. The molecule has 1 heterocycles. The first-order valence-electron chi connectivity index (χ1n) is 10.2. The first-order chi connectivity index (χ1) is 15.6. The van der Waals surface area contributed by atoms with E-state index in [-0.39, 0.29) is 17.0 Å². The van der Waals surface area contributed by atoms with Crippen LogP contribution in [0.25, 0.3) is 0 Å². The molecule has 0 N–H and O–H groups in total. The van der Waals surface area contributed by atoms with Crippen LogP contribution in [0.15, 0.2) is 77.7 Å². The summed E-state index contributed by atoms with van der Waals surface area (Å²) in [5, 5.41) is 0. The van der Waals surface area contributed by atoms with Gasteiger partial charge in [-0.15, -0.1) is 0 Å². The van der Waals surface area contributed by atoms with Crippen molar-refractivity contribution in [2.45, 2.75) is 24.0 Å². The number of carbonyl (C=O) groups excluding carboxylic acids is 1. The standard InChI is InChI=1S/C24H21F3N2O3S/c1-28(16-17-9-11-20(12-10-17)24(25,26)27)23(30)19-6-4-7-21(15-19)33(31,32)29-14-13-18-5-2-3-8-22(18)29/h2-12,15H,13-14,16H2,1H3. The summed E-state index contributed by atoms with van der Waals surface area (Å²) in [6, 6.07) is 17.7. The van der Waals surface area contributed by atoms with E-state index in [1.54, 1.807) is 12.1 Å². The molecule has 4 rings (SSSR count). The first kappa shape index (κ1) is 22.8. The molecule has 9 heteroatoms. The Morgan fingerprint density at radius 3 is 2.39 bits per heavy atom. The predicted octanol–water partition coefficient (Wildman–Crippen LogP) is 4.73. The van der Waals surface area contributed by atoms with Crippen LogP contribution in [0.5, 0.6) is 0 Å². The normalized spacial score (nSPS) is 13.6. The number of benzene rings is 3. The Labute approximate surface area is 190 Å². The highest BCUT2D eigenvalue weighted by Gasteiger charge is 2.31. The van der Waals surface area contributed by atoms with E-state index in [1.807, 2.05) is 12.1 Å². The summed E-state index contributed by atoms with van der Waals surface area (Å²) in [7, 11) is -2.34. The Morgan fingerprint density at radius 2 is 1.70 bits per heavy atom. The minimum atomic E-state index is -4.43. The van der Waals surface area contributed by atoms with Gasteiger partial charge in [0.05, 0.1) is 16.1 Å². The third kappa shape index (κ3) is 4.59. The van der Waals surface area contributed by atoms with E-state index in [1.165, 1.54) is 52.7 Å². The SMILES string of the molecule is CN(Cc1ccc(C(F)(F)F)cc1)C(=O)c1cccc(S(=O)(=O)N2CCc3ccccc32)c1. The third-order valence-corrected chi connectivity index (χ3v) is 7.37. The summed E-state index contributed by atoms with van der Waals surface area (Å²) in [6.45, 7) is 0.404. The minimum absolute atomic E-state index is 0.00739. The van der Waals surface area contributed by atoms with Crippen molar-refractivity contribution in [1.82, 2.24) is 4.90 Å². The molecular weight excluding hydrogens is 453 g/mol. The second kappa shape index (κ2) is 8.55. The molecular formula is C24H21F3N2O3S. The monoisotopic (exact) mass is 474 g/mol. The quantitative estimate of drug-likeness (QED) is 0.537. The van der Waals surface area contributed by atoms with E-state index in [0.717, 1.165) is 17.7 Å². The molecule has 0 saturated heterocycles. The third-order valence-electron chi connectivity index (χ3n) is 5.56. The molecule has 33 heavy (non-hydrogen) atoms. The van der Waals surface area contributed by atoms with Crippen LogP contribution in [-0.4, -0.2) is 32.8 Å². The van der Waals surface area contributed by atoms with Gasteiger partial charge in [-0.1, -0.05) is 36.4 Å². The summed E-state index contributed by atoms with van der Waals surface area (Å²) in [4.78, 5) is 14.3. The van der Waals surface area contributed by atoms with Gasteiger partial charge >= 0.3 is 6.18 Å². The van der Waals surface area contributed by atoms with E-state index < -0.39 is 27.7 Å². The molecule has 1 amide bonds. The number of carbonyl (C=O) groups is 1. The Hall–Kier alpha value is -3.33. The van der Waals surface area contributed by atoms with Crippen LogP contribution in [0.3, 0.4) is 0 Å². The second-order valence-corrected chi connectivity index (χ2v) is 9.70. The highest BCUT2D eigenvalue weighted by atomic mass is 32.2. The van der Waals surface area contributed by atoms with Crippen molar-refractivity contribution < 1.29 is 26.4 Å².